The summed E-state index contributed by atoms with van der Waals surface area (Å²) in [6.07, 6.45) is 6.82. The summed E-state index contributed by atoms with van der Waals surface area (Å²) in [5, 5.41) is 4.13. The van der Waals surface area contributed by atoms with Gasteiger partial charge in [-0.1, -0.05) is 48.5 Å². The van der Waals surface area contributed by atoms with E-state index in [0.717, 1.165) is 62.6 Å². The first kappa shape index (κ1) is 21.2. The van der Waals surface area contributed by atoms with Gasteiger partial charge in [0.1, 0.15) is 5.69 Å². The maximum atomic E-state index is 12.6. The Bertz CT molecular complexity index is 1000. The van der Waals surface area contributed by atoms with Crippen LogP contribution >= 0.6 is 0 Å². The van der Waals surface area contributed by atoms with E-state index in [1.807, 2.05) is 30.3 Å². The zero-order chi connectivity index (χ0) is 21.8. The van der Waals surface area contributed by atoms with Crippen LogP contribution in [0.2, 0.25) is 0 Å². The van der Waals surface area contributed by atoms with Gasteiger partial charge in [0.25, 0.3) is 5.91 Å². The zero-order valence-corrected chi connectivity index (χ0v) is 18.7. The number of amides is 1. The van der Waals surface area contributed by atoms with Crippen molar-refractivity contribution in [3.05, 3.63) is 71.9 Å². The fraction of sp³-hybridized carbons (Fsp3) is 0.444. The Kier molecular flexibility index (Phi) is 6.28. The van der Waals surface area contributed by atoms with Crippen molar-refractivity contribution in [2.45, 2.75) is 50.2 Å². The molecule has 168 valence electrons. The third-order valence-electron chi connectivity index (χ3n) is 7.15. The van der Waals surface area contributed by atoms with Crippen LogP contribution in [0, 0.1) is 0 Å². The minimum atomic E-state index is -0.0565. The molecule has 0 radical (unpaired) electrons. The lowest BCUT2D eigenvalue weighted by Gasteiger charge is -2.39. The molecule has 1 atom stereocenters. The quantitative estimate of drug-likeness (QED) is 0.577. The molecule has 0 unspecified atom stereocenters. The number of piperidine rings is 1. The molecule has 5 heteroatoms. The summed E-state index contributed by atoms with van der Waals surface area (Å²) in [6, 6.07) is 20.6. The number of hydrogen-bond donors (Lipinski definition) is 2. The number of H-pyrrole nitrogens is 1. The van der Waals surface area contributed by atoms with Crippen LogP contribution in [0.25, 0.3) is 10.9 Å². The van der Waals surface area contributed by atoms with E-state index in [1.165, 1.54) is 12.0 Å². The van der Waals surface area contributed by atoms with Crippen molar-refractivity contribution in [3.8, 4) is 0 Å². The average Bonchev–Trinajstić information content (AvgIpc) is 3.44. The molecule has 3 aromatic rings. The molecule has 1 spiro atoms. The second-order valence-electron chi connectivity index (χ2n) is 9.37. The van der Waals surface area contributed by atoms with Crippen LogP contribution in [0.3, 0.4) is 0 Å². The van der Waals surface area contributed by atoms with Crippen molar-refractivity contribution in [3.63, 3.8) is 0 Å². The molecular formula is C27H33N3O2. The number of rotatable bonds is 7. The highest BCUT2D eigenvalue weighted by Gasteiger charge is 2.42. The fourth-order valence-corrected chi connectivity index (χ4v) is 5.24. The van der Waals surface area contributed by atoms with Gasteiger partial charge in [0.05, 0.1) is 11.7 Å². The average molecular weight is 432 g/mol. The van der Waals surface area contributed by atoms with Crippen molar-refractivity contribution in [2.24, 2.45) is 0 Å². The van der Waals surface area contributed by atoms with Gasteiger partial charge in [-0.25, -0.2) is 0 Å². The first-order valence-corrected chi connectivity index (χ1v) is 12.0. The summed E-state index contributed by atoms with van der Waals surface area (Å²) in [5.74, 6) is -0.0565. The van der Waals surface area contributed by atoms with Gasteiger partial charge in [-0.3, -0.25) is 4.79 Å². The third kappa shape index (κ3) is 4.89. The van der Waals surface area contributed by atoms with E-state index in [-0.39, 0.29) is 17.6 Å². The lowest BCUT2D eigenvalue weighted by Crippen LogP contribution is -2.45. The second kappa shape index (κ2) is 9.47. The summed E-state index contributed by atoms with van der Waals surface area (Å²) >= 11 is 0. The van der Waals surface area contributed by atoms with Gasteiger partial charge in [0.2, 0.25) is 0 Å². The predicted molar refractivity (Wildman–Crippen MR) is 128 cm³/mol. The maximum absolute atomic E-state index is 12.6. The molecule has 2 N–H and O–H groups in total. The Hall–Kier alpha value is -2.63. The summed E-state index contributed by atoms with van der Waals surface area (Å²) in [6.45, 7) is 3.97. The molecule has 2 aliphatic heterocycles. The monoisotopic (exact) mass is 431 g/mol. The number of fused-ring (bicyclic) bond motifs is 1. The first-order chi connectivity index (χ1) is 15.7. The Morgan fingerprint density at radius 3 is 2.66 bits per heavy atom. The Morgan fingerprint density at radius 1 is 1.06 bits per heavy atom. The molecule has 2 aromatic carbocycles. The molecule has 2 saturated heterocycles. The number of likely N-dealkylation sites (tertiary alicyclic amines) is 1. The van der Waals surface area contributed by atoms with Crippen LogP contribution in [0.15, 0.2) is 60.7 Å². The summed E-state index contributed by atoms with van der Waals surface area (Å²) in [5.41, 5.74) is 3.05. The predicted octanol–water partition coefficient (Wildman–Crippen LogP) is 4.54. The Labute approximate surface area is 190 Å². The van der Waals surface area contributed by atoms with Gasteiger partial charge in [0.15, 0.2) is 0 Å². The van der Waals surface area contributed by atoms with E-state index < -0.39 is 0 Å². The molecular weight excluding hydrogens is 398 g/mol. The number of aromatic nitrogens is 1. The van der Waals surface area contributed by atoms with Crippen molar-refractivity contribution >= 4 is 16.8 Å². The van der Waals surface area contributed by atoms with Gasteiger partial charge in [0, 0.05) is 30.5 Å². The van der Waals surface area contributed by atoms with E-state index >= 15 is 0 Å². The molecule has 0 aliphatic carbocycles. The SMILES string of the molecule is O=C(NC[C@@H]1CCC2(CCN(CCCc3ccccc3)CC2)O1)c1cc2ccccc2[nH]1. The van der Waals surface area contributed by atoms with Gasteiger partial charge >= 0.3 is 0 Å². The standard InChI is InChI=1S/C27H33N3O2/c31-26(25-19-22-10-4-5-11-24(22)29-25)28-20-23-12-13-27(32-23)14-17-30(18-15-27)16-6-9-21-7-2-1-3-8-21/h1-5,7-8,10-11,19,23,29H,6,9,12-18,20H2,(H,28,31)/t23-/m0/s1. The molecule has 0 bridgehead atoms. The van der Waals surface area contributed by atoms with E-state index in [0.29, 0.717) is 12.2 Å². The molecule has 32 heavy (non-hydrogen) atoms. The number of hydrogen-bond acceptors (Lipinski definition) is 3. The highest BCUT2D eigenvalue weighted by molar-refractivity contribution is 5.97. The maximum Gasteiger partial charge on any atom is 0.267 e. The van der Waals surface area contributed by atoms with Crippen LogP contribution in [0.4, 0.5) is 0 Å². The summed E-state index contributed by atoms with van der Waals surface area (Å²) in [4.78, 5) is 18.4. The van der Waals surface area contributed by atoms with Crippen LogP contribution in [-0.2, 0) is 11.2 Å². The third-order valence-corrected chi connectivity index (χ3v) is 7.15. The van der Waals surface area contributed by atoms with Crippen molar-refractivity contribution < 1.29 is 9.53 Å². The van der Waals surface area contributed by atoms with Gasteiger partial charge in [-0.2, -0.15) is 0 Å². The van der Waals surface area contributed by atoms with Crippen LogP contribution in [0.5, 0.6) is 0 Å². The normalized spacial score (nSPS) is 20.7. The Morgan fingerprint density at radius 2 is 1.84 bits per heavy atom. The minimum absolute atomic E-state index is 0.0203. The molecule has 2 aliphatic rings. The molecule has 1 amide bonds. The van der Waals surface area contributed by atoms with Gasteiger partial charge in [-0.15, -0.1) is 0 Å². The highest BCUT2D eigenvalue weighted by Crippen LogP contribution is 2.38. The molecule has 3 heterocycles. The lowest BCUT2D eigenvalue weighted by atomic mass is 9.88. The highest BCUT2D eigenvalue weighted by atomic mass is 16.5. The largest absolute Gasteiger partial charge is 0.370 e. The Balaban J connectivity index is 1.04. The second-order valence-corrected chi connectivity index (χ2v) is 9.37. The van der Waals surface area contributed by atoms with Crippen molar-refractivity contribution in [2.75, 3.05) is 26.2 Å². The van der Waals surface area contributed by atoms with Crippen molar-refractivity contribution in [1.82, 2.24) is 15.2 Å². The summed E-state index contributed by atoms with van der Waals surface area (Å²) in [7, 11) is 0. The smallest absolute Gasteiger partial charge is 0.267 e. The van der Waals surface area contributed by atoms with Gasteiger partial charge in [-0.05, 0) is 62.8 Å². The number of aromatic amines is 1. The minimum Gasteiger partial charge on any atom is -0.370 e. The number of carbonyl (C=O) groups is 1. The lowest BCUT2D eigenvalue weighted by molar-refractivity contribution is -0.0754. The van der Waals surface area contributed by atoms with E-state index in [2.05, 4.69) is 45.5 Å². The van der Waals surface area contributed by atoms with Crippen LogP contribution in [0.1, 0.15) is 48.2 Å². The number of nitrogens with one attached hydrogen (secondary N) is 2. The molecule has 5 rings (SSSR count). The number of benzene rings is 2. The number of nitrogens with zero attached hydrogens (tertiary/aromatic N) is 1. The van der Waals surface area contributed by atoms with Gasteiger partial charge < -0.3 is 19.9 Å². The van der Waals surface area contributed by atoms with Crippen molar-refractivity contribution in [1.29, 1.82) is 0 Å². The topological polar surface area (TPSA) is 57.4 Å². The van der Waals surface area contributed by atoms with Crippen LogP contribution < -0.4 is 5.32 Å². The first-order valence-electron chi connectivity index (χ1n) is 12.0. The molecule has 5 nitrogen and oxygen atoms in total. The van der Waals surface area contributed by atoms with E-state index in [9.17, 15) is 4.79 Å². The number of aryl methyl sites for hydroxylation is 1. The fourth-order valence-electron chi connectivity index (χ4n) is 5.24. The zero-order valence-electron chi connectivity index (χ0n) is 18.7. The molecule has 2 fully saturated rings. The van der Waals surface area contributed by atoms with E-state index in [4.69, 9.17) is 4.74 Å². The molecule has 1 aromatic heterocycles. The number of carbonyl (C=O) groups excluding carboxylic acids is 1. The summed E-state index contributed by atoms with van der Waals surface area (Å²) < 4.78 is 6.51. The van der Waals surface area contributed by atoms with E-state index in [1.54, 1.807) is 0 Å². The molecule has 0 saturated carbocycles. The van der Waals surface area contributed by atoms with Crippen LogP contribution in [-0.4, -0.2) is 53.7 Å². The number of para-hydroxylation sites is 1. The number of ether oxygens (including phenoxy) is 1.